The Balaban J connectivity index is 1.27. The van der Waals surface area contributed by atoms with Crippen LogP contribution in [0, 0.1) is 0 Å². The number of hydrogen-bond donors (Lipinski definition) is 2. The molecule has 0 aromatic carbocycles. The molecule has 0 radical (unpaired) electrons. The fraction of sp³-hybridized carbons (Fsp3) is 0.913. The summed E-state index contributed by atoms with van der Waals surface area (Å²) in [6.07, 6.45) is 1.88. The SMILES string of the molecule is NCCOCCOCCOCCNCCOCCOCCOCCn1cc(CN2CCS(=O)(=O)CC2)nn1. The summed E-state index contributed by atoms with van der Waals surface area (Å²) >= 11 is 0. The van der Waals surface area contributed by atoms with Gasteiger partial charge in [0.05, 0.1) is 103 Å². The van der Waals surface area contributed by atoms with Gasteiger partial charge in [0, 0.05) is 45.5 Å². The highest BCUT2D eigenvalue weighted by Crippen LogP contribution is 2.07. The summed E-state index contributed by atoms with van der Waals surface area (Å²) in [7, 11) is -2.87. The highest BCUT2D eigenvalue weighted by atomic mass is 32.2. The van der Waals surface area contributed by atoms with E-state index in [9.17, 15) is 8.42 Å². The van der Waals surface area contributed by atoms with Gasteiger partial charge in [-0.25, -0.2) is 13.1 Å². The summed E-state index contributed by atoms with van der Waals surface area (Å²) in [5.74, 6) is 0.420. The van der Waals surface area contributed by atoms with E-state index in [2.05, 4.69) is 20.5 Å². The summed E-state index contributed by atoms with van der Waals surface area (Å²) in [4.78, 5) is 2.09. The lowest BCUT2D eigenvalue weighted by molar-refractivity contribution is 0.0116. The van der Waals surface area contributed by atoms with Crippen molar-refractivity contribution in [1.29, 1.82) is 0 Å². The van der Waals surface area contributed by atoms with Gasteiger partial charge >= 0.3 is 0 Å². The third-order valence-electron chi connectivity index (χ3n) is 5.47. The monoisotopic (exact) mass is 566 g/mol. The van der Waals surface area contributed by atoms with Crippen molar-refractivity contribution in [3.8, 4) is 0 Å². The maximum absolute atomic E-state index is 11.5. The first-order chi connectivity index (χ1) is 18.6. The van der Waals surface area contributed by atoms with Crippen molar-refractivity contribution in [1.82, 2.24) is 25.2 Å². The first-order valence-corrected chi connectivity index (χ1v) is 15.1. The Morgan fingerprint density at radius 3 is 1.82 bits per heavy atom. The van der Waals surface area contributed by atoms with E-state index in [1.165, 1.54) is 0 Å². The van der Waals surface area contributed by atoms with Crippen LogP contribution < -0.4 is 11.1 Å². The predicted octanol–water partition coefficient (Wildman–Crippen LogP) is -1.84. The zero-order valence-electron chi connectivity index (χ0n) is 22.5. The molecule has 2 rings (SSSR count). The molecule has 38 heavy (non-hydrogen) atoms. The van der Waals surface area contributed by atoms with Gasteiger partial charge in [0.1, 0.15) is 0 Å². The summed E-state index contributed by atoms with van der Waals surface area (Å²) in [5.41, 5.74) is 6.16. The molecule has 15 heteroatoms. The molecule has 0 aliphatic carbocycles. The predicted molar refractivity (Wildman–Crippen MR) is 141 cm³/mol. The molecule has 1 aliphatic heterocycles. The van der Waals surface area contributed by atoms with Crippen LogP contribution in [-0.4, -0.2) is 152 Å². The minimum Gasteiger partial charge on any atom is -0.378 e. The molecule has 3 N–H and O–H groups in total. The van der Waals surface area contributed by atoms with Gasteiger partial charge in [-0.3, -0.25) is 4.90 Å². The Morgan fingerprint density at radius 2 is 1.26 bits per heavy atom. The molecular weight excluding hydrogens is 520 g/mol. The van der Waals surface area contributed by atoms with Crippen molar-refractivity contribution in [2.24, 2.45) is 5.73 Å². The zero-order valence-corrected chi connectivity index (χ0v) is 23.3. The van der Waals surface area contributed by atoms with Gasteiger partial charge in [-0.1, -0.05) is 5.21 Å². The van der Waals surface area contributed by atoms with Gasteiger partial charge in [-0.2, -0.15) is 0 Å². The molecule has 1 fully saturated rings. The number of ether oxygens (including phenoxy) is 6. The third kappa shape index (κ3) is 17.3. The third-order valence-corrected chi connectivity index (χ3v) is 7.08. The average Bonchev–Trinajstić information content (AvgIpc) is 3.35. The Kier molecular flexibility index (Phi) is 18.7. The number of rotatable bonds is 25. The molecule has 222 valence electrons. The van der Waals surface area contributed by atoms with Crippen LogP contribution in [0.15, 0.2) is 6.20 Å². The molecule has 1 aliphatic rings. The lowest BCUT2D eigenvalue weighted by Gasteiger charge is -2.25. The van der Waals surface area contributed by atoms with E-state index < -0.39 is 9.84 Å². The Bertz CT molecular complexity index is 787. The standard InChI is InChI=1S/C23H46N6O8S/c24-1-7-32-11-15-36-16-12-33-8-2-25-3-9-34-13-17-37-18-14-35-10-4-29-22-23(26-27-29)21-28-5-19-38(30,31)20-6-28/h22,25H,1-21,24H2. The second kappa shape index (κ2) is 21.5. The summed E-state index contributed by atoms with van der Waals surface area (Å²) in [5, 5.41) is 11.5. The van der Waals surface area contributed by atoms with Crippen molar-refractivity contribution in [3.63, 3.8) is 0 Å². The molecule has 0 saturated carbocycles. The second-order valence-corrected chi connectivity index (χ2v) is 10.9. The van der Waals surface area contributed by atoms with Crippen molar-refractivity contribution in [2.45, 2.75) is 13.1 Å². The molecule has 0 bridgehead atoms. The van der Waals surface area contributed by atoms with E-state index >= 15 is 0 Å². The summed E-state index contributed by atoms with van der Waals surface area (Å²) in [6, 6.07) is 0. The molecule has 1 aromatic rings. The topological polar surface area (TPSA) is 162 Å². The van der Waals surface area contributed by atoms with Crippen LogP contribution in [0.5, 0.6) is 0 Å². The molecule has 0 amide bonds. The Labute approximate surface area is 226 Å². The van der Waals surface area contributed by atoms with Gasteiger partial charge in [-0.05, 0) is 0 Å². The lowest BCUT2D eigenvalue weighted by Crippen LogP contribution is -2.39. The smallest absolute Gasteiger partial charge is 0.152 e. The van der Waals surface area contributed by atoms with Crippen molar-refractivity contribution in [3.05, 3.63) is 11.9 Å². The van der Waals surface area contributed by atoms with E-state index in [1.807, 2.05) is 6.20 Å². The van der Waals surface area contributed by atoms with Crippen LogP contribution in [0.3, 0.4) is 0 Å². The van der Waals surface area contributed by atoms with Gasteiger partial charge in [-0.15, -0.1) is 5.10 Å². The van der Waals surface area contributed by atoms with Gasteiger partial charge in [0.15, 0.2) is 9.84 Å². The molecule has 1 aromatic heterocycles. The van der Waals surface area contributed by atoms with E-state index in [1.54, 1.807) is 4.68 Å². The molecule has 2 heterocycles. The fourth-order valence-corrected chi connectivity index (χ4v) is 4.67. The second-order valence-electron chi connectivity index (χ2n) is 8.61. The first-order valence-electron chi connectivity index (χ1n) is 13.3. The number of aromatic nitrogens is 3. The molecular formula is C23H46N6O8S. The van der Waals surface area contributed by atoms with Crippen LogP contribution >= 0.6 is 0 Å². The van der Waals surface area contributed by atoms with E-state index in [0.29, 0.717) is 112 Å². The highest BCUT2D eigenvalue weighted by Gasteiger charge is 2.22. The van der Waals surface area contributed by atoms with Gasteiger partial charge in [0.2, 0.25) is 0 Å². The van der Waals surface area contributed by atoms with E-state index in [4.69, 9.17) is 34.2 Å². The lowest BCUT2D eigenvalue weighted by atomic mass is 10.4. The van der Waals surface area contributed by atoms with Crippen LogP contribution in [0.2, 0.25) is 0 Å². The molecule has 0 unspecified atom stereocenters. The minimum absolute atomic E-state index is 0.210. The quantitative estimate of drug-likeness (QED) is 0.127. The summed E-state index contributed by atoms with van der Waals surface area (Å²) in [6.45, 7) is 10.9. The molecule has 1 saturated heterocycles. The number of nitrogens with zero attached hydrogens (tertiary/aromatic N) is 4. The van der Waals surface area contributed by atoms with Crippen LogP contribution in [0.25, 0.3) is 0 Å². The van der Waals surface area contributed by atoms with Gasteiger partial charge < -0.3 is 39.5 Å². The average molecular weight is 567 g/mol. The highest BCUT2D eigenvalue weighted by molar-refractivity contribution is 7.91. The van der Waals surface area contributed by atoms with Crippen LogP contribution in [-0.2, 0) is 51.3 Å². The summed E-state index contributed by atoms with van der Waals surface area (Å²) < 4.78 is 57.4. The first kappa shape index (κ1) is 32.9. The Morgan fingerprint density at radius 1 is 0.763 bits per heavy atom. The Hall–Kier alpha value is -1.27. The fourth-order valence-electron chi connectivity index (χ4n) is 3.40. The van der Waals surface area contributed by atoms with Crippen molar-refractivity contribution < 1.29 is 36.8 Å². The van der Waals surface area contributed by atoms with Crippen molar-refractivity contribution >= 4 is 9.84 Å². The maximum Gasteiger partial charge on any atom is 0.152 e. The largest absolute Gasteiger partial charge is 0.378 e. The molecule has 0 spiro atoms. The number of nitrogens with one attached hydrogen (secondary N) is 1. The number of hydrogen-bond acceptors (Lipinski definition) is 13. The maximum atomic E-state index is 11.5. The van der Waals surface area contributed by atoms with E-state index in [-0.39, 0.29) is 11.5 Å². The molecule has 0 atom stereocenters. The van der Waals surface area contributed by atoms with E-state index in [0.717, 1.165) is 18.8 Å². The minimum atomic E-state index is -2.87. The normalized spacial score (nSPS) is 15.8. The van der Waals surface area contributed by atoms with Crippen molar-refractivity contribution in [2.75, 3.05) is 124 Å². The zero-order chi connectivity index (χ0) is 27.2. The van der Waals surface area contributed by atoms with Crippen LogP contribution in [0.1, 0.15) is 5.69 Å². The van der Waals surface area contributed by atoms with Gasteiger partial charge in [0.25, 0.3) is 0 Å². The number of nitrogens with two attached hydrogens (primary N) is 1. The molecule has 14 nitrogen and oxygen atoms in total. The van der Waals surface area contributed by atoms with Crippen LogP contribution in [0.4, 0.5) is 0 Å². The number of sulfone groups is 1.